The number of nitrogens with zero attached hydrogens (tertiary/aromatic N) is 2. The maximum absolute atomic E-state index is 13.7. The van der Waals surface area contributed by atoms with Gasteiger partial charge in [-0.2, -0.15) is 4.98 Å². The van der Waals surface area contributed by atoms with Crippen molar-refractivity contribution in [1.29, 1.82) is 0 Å². The first-order valence-electron chi connectivity index (χ1n) is 6.79. The number of fused-ring (bicyclic) bond motifs is 1. The normalized spacial score (nSPS) is 12.5. The molecule has 108 valence electrons. The summed E-state index contributed by atoms with van der Waals surface area (Å²) in [5.74, 6) is 0.136. The molecule has 0 radical (unpaired) electrons. The highest BCUT2D eigenvalue weighted by Gasteiger charge is 2.16. The highest BCUT2D eigenvalue weighted by molar-refractivity contribution is 5.47. The molecule has 2 aromatic heterocycles. The minimum Gasteiger partial charge on any atom is -0.434 e. The largest absolute Gasteiger partial charge is 0.434 e. The topological polar surface area (TPSA) is 52.5 Å². The summed E-state index contributed by atoms with van der Waals surface area (Å²) in [5, 5.41) is 0. The Labute approximate surface area is 122 Å². The monoisotopic (exact) mass is 285 g/mol. The second-order valence-electron chi connectivity index (χ2n) is 5.01. The number of para-hydroxylation sites is 1. The van der Waals surface area contributed by atoms with Crippen molar-refractivity contribution in [3.8, 4) is 11.6 Å². The van der Waals surface area contributed by atoms with Crippen molar-refractivity contribution >= 4 is 5.65 Å². The summed E-state index contributed by atoms with van der Waals surface area (Å²) < 4.78 is 21.3. The molecular formula is C16H16FN3O. The number of benzene rings is 1. The van der Waals surface area contributed by atoms with Crippen LogP contribution in [0.4, 0.5) is 4.39 Å². The zero-order chi connectivity index (χ0) is 14.8. The van der Waals surface area contributed by atoms with Gasteiger partial charge < -0.3 is 14.9 Å². The molecule has 0 aliphatic carbocycles. The van der Waals surface area contributed by atoms with Crippen LogP contribution in [-0.2, 0) is 6.42 Å². The third kappa shape index (κ3) is 2.73. The van der Waals surface area contributed by atoms with Gasteiger partial charge in [0.2, 0.25) is 5.88 Å². The predicted octanol–water partition coefficient (Wildman–Crippen LogP) is 3.16. The van der Waals surface area contributed by atoms with Crippen LogP contribution in [0.15, 0.2) is 48.7 Å². The summed E-state index contributed by atoms with van der Waals surface area (Å²) in [7, 11) is 0. The molecule has 1 aromatic carbocycles. The fraction of sp³-hybridized carbons (Fsp3) is 0.188. The van der Waals surface area contributed by atoms with Crippen molar-refractivity contribution in [2.75, 3.05) is 0 Å². The number of rotatable bonds is 4. The van der Waals surface area contributed by atoms with Gasteiger partial charge in [0.25, 0.3) is 0 Å². The summed E-state index contributed by atoms with van der Waals surface area (Å²) in [5.41, 5.74) is 7.48. The maximum Gasteiger partial charge on any atom is 0.241 e. The van der Waals surface area contributed by atoms with E-state index in [1.165, 1.54) is 6.07 Å². The highest BCUT2D eigenvalue weighted by atomic mass is 19.1. The lowest BCUT2D eigenvalue weighted by molar-refractivity contribution is 0.423. The van der Waals surface area contributed by atoms with E-state index in [1.54, 1.807) is 18.2 Å². The Kier molecular flexibility index (Phi) is 3.58. The van der Waals surface area contributed by atoms with E-state index in [9.17, 15) is 4.39 Å². The summed E-state index contributed by atoms with van der Waals surface area (Å²) in [6, 6.07) is 11.9. The summed E-state index contributed by atoms with van der Waals surface area (Å²) >= 11 is 0. The Hall–Kier alpha value is -2.40. The smallest absolute Gasteiger partial charge is 0.241 e. The quantitative estimate of drug-likeness (QED) is 0.801. The minimum atomic E-state index is -0.415. The van der Waals surface area contributed by atoms with Crippen LogP contribution in [-0.4, -0.2) is 15.4 Å². The number of hydrogen-bond donors (Lipinski definition) is 1. The van der Waals surface area contributed by atoms with Gasteiger partial charge in [-0.15, -0.1) is 0 Å². The third-order valence-electron chi connectivity index (χ3n) is 3.15. The summed E-state index contributed by atoms with van der Waals surface area (Å²) in [4.78, 5) is 4.42. The first-order chi connectivity index (χ1) is 10.1. The van der Waals surface area contributed by atoms with Gasteiger partial charge in [-0.3, -0.25) is 0 Å². The van der Waals surface area contributed by atoms with Gasteiger partial charge >= 0.3 is 0 Å². The molecule has 21 heavy (non-hydrogen) atoms. The SMILES string of the molecule is CC(N)Cc1c(Oc2ccccc2F)nc2ccccn12. The van der Waals surface area contributed by atoms with Crippen LogP contribution in [0.25, 0.3) is 5.65 Å². The molecule has 0 saturated carbocycles. The number of aromatic nitrogens is 2. The van der Waals surface area contributed by atoms with E-state index < -0.39 is 5.82 Å². The van der Waals surface area contributed by atoms with Crippen LogP contribution < -0.4 is 10.5 Å². The van der Waals surface area contributed by atoms with Gasteiger partial charge in [0.1, 0.15) is 5.65 Å². The van der Waals surface area contributed by atoms with Crippen LogP contribution in [0, 0.1) is 5.82 Å². The number of ether oxygens (including phenoxy) is 1. The first kappa shape index (κ1) is 13.6. The lowest BCUT2D eigenvalue weighted by Crippen LogP contribution is -2.19. The van der Waals surface area contributed by atoms with E-state index in [1.807, 2.05) is 35.7 Å². The second-order valence-corrected chi connectivity index (χ2v) is 5.01. The van der Waals surface area contributed by atoms with E-state index in [0.717, 1.165) is 11.3 Å². The van der Waals surface area contributed by atoms with E-state index in [2.05, 4.69) is 4.98 Å². The Bertz CT molecular complexity index is 767. The molecule has 0 amide bonds. The van der Waals surface area contributed by atoms with E-state index >= 15 is 0 Å². The van der Waals surface area contributed by atoms with Gasteiger partial charge in [-0.1, -0.05) is 18.2 Å². The Morgan fingerprint density at radius 2 is 2.00 bits per heavy atom. The average Bonchev–Trinajstić information content (AvgIpc) is 2.79. The van der Waals surface area contributed by atoms with Crippen molar-refractivity contribution in [3.63, 3.8) is 0 Å². The zero-order valence-electron chi connectivity index (χ0n) is 11.7. The fourth-order valence-electron chi connectivity index (χ4n) is 2.23. The van der Waals surface area contributed by atoms with Gasteiger partial charge in [-0.25, -0.2) is 4.39 Å². The molecule has 2 N–H and O–H groups in total. The van der Waals surface area contributed by atoms with Crippen molar-refractivity contribution < 1.29 is 9.13 Å². The maximum atomic E-state index is 13.7. The minimum absolute atomic E-state index is 0.0481. The van der Waals surface area contributed by atoms with Gasteiger partial charge in [0, 0.05) is 18.7 Å². The Morgan fingerprint density at radius 1 is 1.24 bits per heavy atom. The number of pyridine rings is 1. The molecular weight excluding hydrogens is 269 g/mol. The van der Waals surface area contributed by atoms with E-state index in [-0.39, 0.29) is 11.8 Å². The average molecular weight is 285 g/mol. The van der Waals surface area contributed by atoms with Crippen molar-refractivity contribution in [2.24, 2.45) is 5.73 Å². The van der Waals surface area contributed by atoms with Crippen molar-refractivity contribution in [2.45, 2.75) is 19.4 Å². The Balaban J connectivity index is 2.07. The molecule has 2 heterocycles. The first-order valence-corrected chi connectivity index (χ1v) is 6.79. The molecule has 4 nitrogen and oxygen atoms in total. The molecule has 1 atom stereocenters. The molecule has 5 heteroatoms. The zero-order valence-corrected chi connectivity index (χ0v) is 11.7. The standard InChI is InChI=1S/C16H16FN3O/c1-11(18)10-13-16(19-15-8-4-5-9-20(13)15)21-14-7-3-2-6-12(14)17/h2-9,11H,10,18H2,1H3. The molecule has 0 aliphatic rings. The number of nitrogens with two attached hydrogens (primary N) is 1. The summed E-state index contributed by atoms with van der Waals surface area (Å²) in [6.07, 6.45) is 2.49. The van der Waals surface area contributed by atoms with Crippen molar-refractivity contribution in [1.82, 2.24) is 9.38 Å². The second kappa shape index (κ2) is 5.54. The molecule has 0 aliphatic heterocycles. The number of imidazole rings is 1. The number of halogens is 1. The molecule has 0 spiro atoms. The molecule has 3 rings (SSSR count). The van der Waals surface area contributed by atoms with Gasteiger partial charge in [0.15, 0.2) is 11.6 Å². The fourth-order valence-corrected chi connectivity index (χ4v) is 2.23. The van der Waals surface area contributed by atoms with Gasteiger partial charge in [-0.05, 0) is 31.2 Å². The van der Waals surface area contributed by atoms with Crippen LogP contribution in [0.1, 0.15) is 12.6 Å². The lowest BCUT2D eigenvalue weighted by Gasteiger charge is -2.09. The summed E-state index contributed by atoms with van der Waals surface area (Å²) in [6.45, 7) is 1.91. The molecule has 0 fully saturated rings. The third-order valence-corrected chi connectivity index (χ3v) is 3.15. The van der Waals surface area contributed by atoms with E-state index in [0.29, 0.717) is 12.3 Å². The Morgan fingerprint density at radius 3 is 2.76 bits per heavy atom. The van der Waals surface area contributed by atoms with Gasteiger partial charge in [0.05, 0.1) is 5.69 Å². The van der Waals surface area contributed by atoms with Crippen LogP contribution in [0.5, 0.6) is 11.6 Å². The molecule has 3 aromatic rings. The van der Waals surface area contributed by atoms with Crippen LogP contribution in [0.3, 0.4) is 0 Å². The highest BCUT2D eigenvalue weighted by Crippen LogP contribution is 2.28. The molecule has 1 unspecified atom stereocenters. The molecule has 0 bridgehead atoms. The lowest BCUT2D eigenvalue weighted by atomic mass is 10.2. The predicted molar refractivity (Wildman–Crippen MR) is 79.0 cm³/mol. The van der Waals surface area contributed by atoms with E-state index in [4.69, 9.17) is 10.5 Å². The number of hydrogen-bond acceptors (Lipinski definition) is 3. The molecule has 0 saturated heterocycles. The van der Waals surface area contributed by atoms with Crippen LogP contribution in [0.2, 0.25) is 0 Å². The van der Waals surface area contributed by atoms with Crippen molar-refractivity contribution in [3.05, 3.63) is 60.2 Å². The van der Waals surface area contributed by atoms with Crippen LogP contribution >= 0.6 is 0 Å².